The van der Waals surface area contributed by atoms with Gasteiger partial charge in [-0.25, -0.2) is 0 Å². The molecule has 0 bridgehead atoms. The third-order valence-electron chi connectivity index (χ3n) is 3.89. The molecule has 0 spiro atoms. The van der Waals surface area contributed by atoms with E-state index in [-0.39, 0.29) is 5.91 Å². The van der Waals surface area contributed by atoms with E-state index in [1.165, 1.54) is 0 Å². The van der Waals surface area contributed by atoms with Crippen LogP contribution in [0.5, 0.6) is 5.75 Å². The molecular formula is C17H18N2O2. The maximum atomic E-state index is 12.5. The average Bonchev–Trinajstić information content (AvgIpc) is 2.48. The van der Waals surface area contributed by atoms with Crippen LogP contribution in [0.2, 0.25) is 0 Å². The smallest absolute Gasteiger partial charge is 0.268 e. The molecule has 1 atom stereocenters. The zero-order chi connectivity index (χ0) is 15.0. The fourth-order valence-electron chi connectivity index (χ4n) is 2.57. The fourth-order valence-corrected chi connectivity index (χ4v) is 2.57. The van der Waals surface area contributed by atoms with Gasteiger partial charge in [-0.15, -0.1) is 0 Å². The summed E-state index contributed by atoms with van der Waals surface area (Å²) in [7, 11) is 0. The first-order valence-electron chi connectivity index (χ1n) is 6.99. The molecule has 2 N–H and O–H groups in total. The number of hydrogen-bond acceptors (Lipinski definition) is 3. The quantitative estimate of drug-likeness (QED) is 0.862. The second-order valence-electron chi connectivity index (χ2n) is 5.28. The summed E-state index contributed by atoms with van der Waals surface area (Å²) in [5.74, 6) is 0.710. The van der Waals surface area contributed by atoms with Gasteiger partial charge >= 0.3 is 0 Å². The number of rotatable bonds is 2. The number of fused-ring (bicyclic) bond motifs is 1. The standard InChI is InChI=1S/C17H18N2O2/c1-11-13(6-5-7-14(11)18)10-19-15-8-3-4-9-16(15)21-12(2)17(19)20/h3-9,12H,10,18H2,1-2H3. The molecule has 2 aromatic rings. The van der Waals surface area contributed by atoms with E-state index in [2.05, 4.69) is 0 Å². The van der Waals surface area contributed by atoms with Crippen LogP contribution in [-0.2, 0) is 11.3 Å². The Balaban J connectivity index is 2.01. The maximum Gasteiger partial charge on any atom is 0.268 e. The number of amides is 1. The largest absolute Gasteiger partial charge is 0.479 e. The molecular weight excluding hydrogens is 264 g/mol. The average molecular weight is 282 g/mol. The van der Waals surface area contributed by atoms with E-state index in [9.17, 15) is 4.79 Å². The van der Waals surface area contributed by atoms with Crippen LogP contribution in [0.25, 0.3) is 0 Å². The summed E-state index contributed by atoms with van der Waals surface area (Å²) in [6, 6.07) is 13.4. The molecule has 0 radical (unpaired) electrons. The van der Waals surface area contributed by atoms with Crippen LogP contribution in [0.15, 0.2) is 42.5 Å². The number of carbonyl (C=O) groups excluding carboxylic acids is 1. The van der Waals surface area contributed by atoms with E-state index < -0.39 is 6.10 Å². The Hall–Kier alpha value is -2.49. The van der Waals surface area contributed by atoms with E-state index >= 15 is 0 Å². The highest BCUT2D eigenvalue weighted by atomic mass is 16.5. The van der Waals surface area contributed by atoms with Gasteiger partial charge < -0.3 is 15.4 Å². The van der Waals surface area contributed by atoms with Crippen molar-refractivity contribution in [3.8, 4) is 5.75 Å². The predicted octanol–water partition coefficient (Wildman–Crippen LogP) is 2.89. The van der Waals surface area contributed by atoms with Crippen molar-refractivity contribution in [3.05, 3.63) is 53.6 Å². The number of benzene rings is 2. The fraction of sp³-hybridized carbons (Fsp3) is 0.235. The van der Waals surface area contributed by atoms with Crippen LogP contribution < -0.4 is 15.4 Å². The van der Waals surface area contributed by atoms with Gasteiger partial charge in [0.25, 0.3) is 5.91 Å². The first-order valence-corrected chi connectivity index (χ1v) is 6.99. The highest BCUT2D eigenvalue weighted by molar-refractivity contribution is 5.99. The van der Waals surface area contributed by atoms with Crippen LogP contribution in [0.4, 0.5) is 11.4 Å². The van der Waals surface area contributed by atoms with Crippen molar-refractivity contribution in [2.45, 2.75) is 26.5 Å². The monoisotopic (exact) mass is 282 g/mol. The van der Waals surface area contributed by atoms with Gasteiger partial charge in [0.05, 0.1) is 12.2 Å². The summed E-state index contributed by atoms with van der Waals surface area (Å²) in [6.45, 7) is 4.25. The Morgan fingerprint density at radius 2 is 1.95 bits per heavy atom. The number of carbonyl (C=O) groups is 1. The van der Waals surface area contributed by atoms with Crippen LogP contribution >= 0.6 is 0 Å². The molecule has 1 unspecified atom stereocenters. The maximum absolute atomic E-state index is 12.5. The lowest BCUT2D eigenvalue weighted by atomic mass is 10.1. The van der Waals surface area contributed by atoms with Gasteiger partial charge in [-0.3, -0.25) is 4.79 Å². The number of nitrogens with zero attached hydrogens (tertiary/aromatic N) is 1. The lowest BCUT2D eigenvalue weighted by Gasteiger charge is -2.33. The van der Waals surface area contributed by atoms with E-state index in [0.29, 0.717) is 6.54 Å². The first kappa shape index (κ1) is 13.5. The van der Waals surface area contributed by atoms with Crippen LogP contribution in [-0.4, -0.2) is 12.0 Å². The summed E-state index contributed by atoms with van der Waals surface area (Å²) < 4.78 is 5.65. The van der Waals surface area contributed by atoms with Crippen molar-refractivity contribution in [3.63, 3.8) is 0 Å². The molecule has 2 aromatic carbocycles. The van der Waals surface area contributed by atoms with E-state index in [1.54, 1.807) is 11.8 Å². The highest BCUT2D eigenvalue weighted by Crippen LogP contribution is 2.35. The first-order chi connectivity index (χ1) is 10.1. The van der Waals surface area contributed by atoms with Crippen molar-refractivity contribution in [2.75, 3.05) is 10.6 Å². The number of anilines is 2. The van der Waals surface area contributed by atoms with Crippen molar-refractivity contribution < 1.29 is 9.53 Å². The third kappa shape index (κ3) is 2.33. The van der Waals surface area contributed by atoms with E-state index in [4.69, 9.17) is 10.5 Å². The van der Waals surface area contributed by atoms with Crippen molar-refractivity contribution in [1.29, 1.82) is 0 Å². The molecule has 1 aliphatic rings. The Morgan fingerprint density at radius 3 is 2.76 bits per heavy atom. The minimum absolute atomic E-state index is 0.0319. The topological polar surface area (TPSA) is 55.6 Å². The molecule has 1 heterocycles. The molecule has 0 saturated carbocycles. The van der Waals surface area contributed by atoms with Crippen LogP contribution in [0, 0.1) is 6.92 Å². The van der Waals surface area contributed by atoms with Gasteiger partial charge in [0.2, 0.25) is 0 Å². The molecule has 1 aliphatic heterocycles. The molecule has 0 fully saturated rings. The predicted molar refractivity (Wildman–Crippen MR) is 83.3 cm³/mol. The van der Waals surface area contributed by atoms with Gasteiger partial charge in [-0.05, 0) is 43.2 Å². The van der Waals surface area contributed by atoms with Crippen molar-refractivity contribution in [1.82, 2.24) is 0 Å². The van der Waals surface area contributed by atoms with E-state index in [0.717, 1.165) is 28.3 Å². The van der Waals surface area contributed by atoms with Crippen molar-refractivity contribution >= 4 is 17.3 Å². The lowest BCUT2D eigenvalue weighted by Crippen LogP contribution is -2.44. The number of para-hydroxylation sites is 2. The van der Waals surface area contributed by atoms with Gasteiger partial charge in [-0.1, -0.05) is 24.3 Å². The number of ether oxygens (including phenoxy) is 1. The molecule has 0 saturated heterocycles. The summed E-state index contributed by atoms with van der Waals surface area (Å²) in [4.78, 5) is 14.2. The highest BCUT2D eigenvalue weighted by Gasteiger charge is 2.31. The molecule has 4 nitrogen and oxygen atoms in total. The second-order valence-corrected chi connectivity index (χ2v) is 5.28. The summed E-state index contributed by atoms with van der Waals surface area (Å²) in [5, 5.41) is 0. The Labute approximate surface area is 124 Å². The molecule has 0 aromatic heterocycles. The zero-order valence-corrected chi connectivity index (χ0v) is 12.2. The van der Waals surface area contributed by atoms with Crippen molar-refractivity contribution in [2.24, 2.45) is 0 Å². The summed E-state index contributed by atoms with van der Waals surface area (Å²) >= 11 is 0. The molecule has 21 heavy (non-hydrogen) atoms. The van der Waals surface area contributed by atoms with Gasteiger partial charge in [0, 0.05) is 5.69 Å². The lowest BCUT2D eigenvalue weighted by molar-refractivity contribution is -0.125. The Kier molecular flexibility index (Phi) is 3.29. The minimum atomic E-state index is -0.471. The number of nitrogen functional groups attached to an aromatic ring is 1. The third-order valence-corrected chi connectivity index (χ3v) is 3.89. The van der Waals surface area contributed by atoms with E-state index in [1.807, 2.05) is 49.4 Å². The number of hydrogen-bond donors (Lipinski definition) is 1. The second kappa shape index (κ2) is 5.13. The molecule has 4 heteroatoms. The Bertz CT molecular complexity index is 697. The SMILES string of the molecule is Cc1c(N)cccc1CN1C(=O)C(C)Oc2ccccc21. The number of nitrogens with two attached hydrogens (primary N) is 1. The van der Waals surface area contributed by atoms with Gasteiger partial charge in [-0.2, -0.15) is 0 Å². The molecule has 3 rings (SSSR count). The Morgan fingerprint density at radius 1 is 1.19 bits per heavy atom. The summed E-state index contributed by atoms with van der Waals surface area (Å²) in [6.07, 6.45) is -0.471. The molecule has 0 aliphatic carbocycles. The van der Waals surface area contributed by atoms with Gasteiger partial charge in [0.1, 0.15) is 5.75 Å². The summed E-state index contributed by atoms with van der Waals surface area (Å²) in [5.41, 5.74) is 9.57. The normalized spacial score (nSPS) is 17.3. The van der Waals surface area contributed by atoms with Gasteiger partial charge in [0.15, 0.2) is 6.10 Å². The zero-order valence-electron chi connectivity index (χ0n) is 12.2. The minimum Gasteiger partial charge on any atom is -0.479 e. The molecule has 1 amide bonds. The van der Waals surface area contributed by atoms with Crippen LogP contribution in [0.1, 0.15) is 18.1 Å². The molecule has 108 valence electrons. The van der Waals surface area contributed by atoms with Crippen LogP contribution in [0.3, 0.4) is 0 Å².